The largest absolute Gasteiger partial charge is 0.463 e. The number of carbonyl (C=O) groups is 1. The van der Waals surface area contributed by atoms with Gasteiger partial charge in [0.15, 0.2) is 0 Å². The van der Waals surface area contributed by atoms with Crippen LogP contribution in [0.1, 0.15) is 109 Å². The fourth-order valence-corrected chi connectivity index (χ4v) is 5.46. The van der Waals surface area contributed by atoms with Gasteiger partial charge in [-0.15, -0.1) is 15.3 Å². The number of hydrogen-bond donors (Lipinski definition) is 0. The van der Waals surface area contributed by atoms with Gasteiger partial charge in [-0.2, -0.15) is 0 Å². The Morgan fingerprint density at radius 1 is 0.714 bits per heavy atom. The minimum atomic E-state index is -0.979. The van der Waals surface area contributed by atoms with E-state index in [4.69, 9.17) is 4.74 Å². The van der Waals surface area contributed by atoms with Crippen LogP contribution in [0.25, 0.3) is 0 Å². The van der Waals surface area contributed by atoms with Crippen LogP contribution >= 0.6 is 15.3 Å². The highest BCUT2D eigenvalue weighted by molar-refractivity contribution is 9.26. The zero-order valence-corrected chi connectivity index (χ0v) is 21.5. The van der Waals surface area contributed by atoms with Gasteiger partial charge in [0, 0.05) is 6.08 Å². The Labute approximate surface area is 184 Å². The molecule has 0 aromatic heterocycles. The molecule has 166 valence electrons. The quantitative estimate of drug-likeness (QED) is 0.0544. The Hall–Kier alpha value is -0.0931. The Balaban J connectivity index is 3.07. The van der Waals surface area contributed by atoms with E-state index in [-0.39, 0.29) is 5.97 Å². The lowest BCUT2D eigenvalue weighted by atomic mass is 10.0. The topological polar surface area (TPSA) is 26.3 Å². The number of unbranched alkanes of at least 4 members (excludes halogenated alkanes) is 16. The number of carbonyl (C=O) groups excluding carboxylic acids is 1. The molecule has 0 fully saturated rings. The highest BCUT2D eigenvalue weighted by atomic mass is 79.9. The van der Waals surface area contributed by atoms with Gasteiger partial charge in [0.2, 0.25) is 0 Å². The van der Waals surface area contributed by atoms with E-state index in [2.05, 4.69) is 35.0 Å². The van der Waals surface area contributed by atoms with Gasteiger partial charge in [-0.05, 0) is 12.5 Å². The van der Waals surface area contributed by atoms with Crippen molar-refractivity contribution in [1.29, 1.82) is 0 Å². The van der Waals surface area contributed by atoms with Crippen molar-refractivity contribution < 1.29 is 9.53 Å². The van der Waals surface area contributed by atoms with Crippen molar-refractivity contribution in [2.24, 2.45) is 0 Å². The SMILES string of the molecule is C=CC(=O)OCCCCCCCCCCCCCCCCCCC[Si](C)(C)Br. The standard InChI is InChI=1S/C24H47BrO2Si/c1-4-24(26)27-22-20-18-16-14-12-10-8-6-5-7-9-11-13-15-17-19-21-23-28(2,3)25/h4H,1,5-23H2,2-3H3. The first-order valence-corrected chi connectivity index (χ1v) is 17.4. The van der Waals surface area contributed by atoms with E-state index in [1.54, 1.807) is 0 Å². The van der Waals surface area contributed by atoms with Crippen LogP contribution in [0.2, 0.25) is 19.1 Å². The number of hydrogen-bond acceptors (Lipinski definition) is 2. The molecule has 0 N–H and O–H groups in total. The third-order valence-electron chi connectivity index (χ3n) is 5.33. The summed E-state index contributed by atoms with van der Waals surface area (Å²) in [6.07, 6.45) is 24.5. The van der Waals surface area contributed by atoms with Crippen LogP contribution < -0.4 is 0 Å². The molecular weight excluding hydrogens is 428 g/mol. The molecule has 0 amide bonds. The highest BCUT2D eigenvalue weighted by Crippen LogP contribution is 2.21. The van der Waals surface area contributed by atoms with Crippen LogP contribution in [0.5, 0.6) is 0 Å². The number of ether oxygens (including phenoxy) is 1. The van der Waals surface area contributed by atoms with Gasteiger partial charge < -0.3 is 4.74 Å². The molecular formula is C24H47BrO2Si. The van der Waals surface area contributed by atoms with Crippen LogP contribution in [-0.2, 0) is 9.53 Å². The minimum absolute atomic E-state index is 0.300. The van der Waals surface area contributed by atoms with Crippen LogP contribution in [0, 0.1) is 0 Å². The molecule has 4 heteroatoms. The first kappa shape index (κ1) is 27.9. The second kappa shape index (κ2) is 20.2. The molecule has 0 heterocycles. The first-order chi connectivity index (χ1) is 13.5. The van der Waals surface area contributed by atoms with Crippen LogP contribution in [0.15, 0.2) is 12.7 Å². The first-order valence-electron chi connectivity index (χ1n) is 11.9. The summed E-state index contributed by atoms with van der Waals surface area (Å²) < 4.78 is 4.97. The predicted octanol–water partition coefficient (Wildman–Crippen LogP) is 8.95. The molecule has 0 aromatic carbocycles. The molecule has 0 aliphatic carbocycles. The Bertz CT molecular complexity index is 366. The van der Waals surface area contributed by atoms with E-state index in [1.807, 2.05) is 0 Å². The summed E-state index contributed by atoms with van der Waals surface area (Å²) in [5.74, 6) is -0.300. The van der Waals surface area contributed by atoms with E-state index >= 15 is 0 Å². The van der Waals surface area contributed by atoms with Gasteiger partial charge in [0.25, 0.3) is 0 Å². The molecule has 0 spiro atoms. The second-order valence-electron chi connectivity index (χ2n) is 8.85. The third-order valence-corrected chi connectivity index (χ3v) is 8.06. The van der Waals surface area contributed by atoms with Gasteiger partial charge in [0.05, 0.1) is 6.61 Å². The zero-order valence-electron chi connectivity index (χ0n) is 18.9. The summed E-state index contributed by atoms with van der Waals surface area (Å²) in [6.45, 7) is 7.77. The fourth-order valence-electron chi connectivity index (χ4n) is 3.53. The van der Waals surface area contributed by atoms with Gasteiger partial charge in [-0.3, -0.25) is 0 Å². The monoisotopic (exact) mass is 474 g/mol. The summed E-state index contributed by atoms with van der Waals surface area (Å²) in [5, 5.41) is 0. The molecule has 0 unspecified atom stereocenters. The second-order valence-corrected chi connectivity index (χ2v) is 19.2. The molecule has 0 aliphatic rings. The maximum absolute atomic E-state index is 10.9. The smallest absolute Gasteiger partial charge is 0.330 e. The van der Waals surface area contributed by atoms with Crippen LogP contribution in [0.3, 0.4) is 0 Å². The van der Waals surface area contributed by atoms with E-state index in [0.717, 1.165) is 6.42 Å². The van der Waals surface area contributed by atoms with Gasteiger partial charge in [0.1, 0.15) is 6.69 Å². The van der Waals surface area contributed by atoms with E-state index in [0.29, 0.717) is 6.61 Å². The van der Waals surface area contributed by atoms with Crippen molar-refractivity contribution in [3.63, 3.8) is 0 Å². The Morgan fingerprint density at radius 2 is 1.04 bits per heavy atom. The van der Waals surface area contributed by atoms with E-state index in [1.165, 1.54) is 115 Å². The van der Waals surface area contributed by atoms with Gasteiger partial charge in [-0.1, -0.05) is 122 Å². The summed E-state index contributed by atoms with van der Waals surface area (Å²) in [5.41, 5.74) is 0. The van der Waals surface area contributed by atoms with Crippen molar-refractivity contribution in [3.05, 3.63) is 12.7 Å². The molecule has 0 aromatic rings. The van der Waals surface area contributed by atoms with Crippen molar-refractivity contribution >= 4 is 28.0 Å². The molecule has 0 saturated heterocycles. The number of rotatable bonds is 21. The fraction of sp³-hybridized carbons (Fsp3) is 0.875. The molecule has 0 bridgehead atoms. The summed E-state index contributed by atoms with van der Waals surface area (Å²) >= 11 is 3.86. The molecule has 0 radical (unpaired) electrons. The maximum Gasteiger partial charge on any atom is 0.330 e. The Morgan fingerprint density at radius 3 is 1.36 bits per heavy atom. The molecule has 28 heavy (non-hydrogen) atoms. The third kappa shape index (κ3) is 23.9. The molecule has 0 aliphatic heterocycles. The summed E-state index contributed by atoms with van der Waals surface area (Å²) in [7, 11) is 0. The highest BCUT2D eigenvalue weighted by Gasteiger charge is 2.14. The number of esters is 1. The molecule has 2 nitrogen and oxygen atoms in total. The van der Waals surface area contributed by atoms with Crippen molar-refractivity contribution in [2.45, 2.75) is 128 Å². The number of halogens is 1. The van der Waals surface area contributed by atoms with Crippen LogP contribution in [-0.4, -0.2) is 19.3 Å². The molecule has 0 saturated carbocycles. The van der Waals surface area contributed by atoms with Gasteiger partial charge in [-0.25, -0.2) is 4.79 Å². The van der Waals surface area contributed by atoms with Crippen molar-refractivity contribution in [1.82, 2.24) is 0 Å². The minimum Gasteiger partial charge on any atom is -0.463 e. The van der Waals surface area contributed by atoms with Crippen molar-refractivity contribution in [2.75, 3.05) is 6.61 Å². The summed E-state index contributed by atoms with van der Waals surface area (Å²) in [6, 6.07) is 1.43. The van der Waals surface area contributed by atoms with E-state index < -0.39 is 6.69 Å². The molecule has 0 rings (SSSR count). The lowest BCUT2D eigenvalue weighted by Crippen LogP contribution is -2.13. The average Bonchev–Trinajstić information content (AvgIpc) is 2.65. The normalized spacial score (nSPS) is 11.5. The maximum atomic E-state index is 10.9. The Kier molecular flexibility index (Phi) is 20.1. The molecule has 0 atom stereocenters. The van der Waals surface area contributed by atoms with E-state index in [9.17, 15) is 4.79 Å². The van der Waals surface area contributed by atoms with Crippen molar-refractivity contribution in [3.8, 4) is 0 Å². The van der Waals surface area contributed by atoms with Gasteiger partial charge >= 0.3 is 5.97 Å². The lowest BCUT2D eigenvalue weighted by molar-refractivity contribution is -0.137. The zero-order chi connectivity index (χ0) is 20.9. The predicted molar refractivity (Wildman–Crippen MR) is 131 cm³/mol. The summed E-state index contributed by atoms with van der Waals surface area (Å²) in [4.78, 5) is 10.9. The van der Waals surface area contributed by atoms with Crippen LogP contribution in [0.4, 0.5) is 0 Å². The average molecular weight is 476 g/mol. The lowest BCUT2D eigenvalue weighted by Gasteiger charge is -2.12.